The number of rotatable bonds is 5. The van der Waals surface area contributed by atoms with E-state index in [1.54, 1.807) is 0 Å². The number of hydrogen-bond donors (Lipinski definition) is 3. The molecule has 0 amide bonds. The molecule has 0 spiro atoms. The summed E-state index contributed by atoms with van der Waals surface area (Å²) in [6.07, 6.45) is 1.83. The molecule has 1 aromatic rings. The molecule has 1 aromatic heterocycles. The van der Waals surface area contributed by atoms with Gasteiger partial charge in [-0.1, -0.05) is 12.2 Å². The number of aromatic nitrogens is 1. The largest absolute Gasteiger partial charge is 0.395 e. The fourth-order valence-corrected chi connectivity index (χ4v) is 1.72. The number of thiocarbonyl (C=S) groups is 1. The minimum atomic E-state index is -0.132. The molecule has 5 heteroatoms. The molecule has 1 heterocycles. The number of nitrogens with two attached hydrogens (primary N) is 1. The Hall–Kier alpha value is -0.910. The van der Waals surface area contributed by atoms with Crippen LogP contribution in [-0.4, -0.2) is 40.2 Å². The number of aliphatic hydroxyl groups is 1. The molecule has 0 saturated carbocycles. The second kappa shape index (κ2) is 5.09. The van der Waals surface area contributed by atoms with Crippen LogP contribution < -0.4 is 5.73 Å². The maximum atomic E-state index is 8.83. The zero-order valence-electron chi connectivity index (χ0n) is 8.10. The number of hydrogen-bond acceptors (Lipinski definition) is 3. The third-order valence-electron chi connectivity index (χ3n) is 2.08. The topological polar surface area (TPSA) is 65.3 Å². The molecule has 1 unspecified atom stereocenters. The van der Waals surface area contributed by atoms with Crippen LogP contribution in [0.25, 0.3) is 0 Å². The minimum Gasteiger partial charge on any atom is -0.395 e. The molecule has 4 N–H and O–H groups in total. The second-order valence-corrected chi connectivity index (χ2v) is 3.61. The maximum absolute atomic E-state index is 8.83. The predicted molar refractivity (Wildman–Crippen MR) is 60.0 cm³/mol. The normalized spacial score (nSPS) is 13.1. The van der Waals surface area contributed by atoms with E-state index in [1.807, 2.05) is 30.3 Å². The first-order chi connectivity index (χ1) is 6.66. The number of aliphatic hydroxyl groups excluding tert-OH is 1. The molecule has 0 aliphatic rings. The van der Waals surface area contributed by atoms with Gasteiger partial charge in [-0.05, 0) is 19.2 Å². The highest BCUT2D eigenvalue weighted by Gasteiger charge is 2.19. The number of H-pyrrole nitrogens is 1. The van der Waals surface area contributed by atoms with E-state index in [9.17, 15) is 0 Å². The standard InChI is InChI=1S/C9H15N3OS/c1-12(5-6-13)8(9(10)14)7-3-2-4-11-7/h2-4,8,11,13H,5-6H2,1H3,(H2,10,14). The fraction of sp³-hybridized carbons (Fsp3) is 0.444. The van der Waals surface area contributed by atoms with Crippen LogP contribution >= 0.6 is 12.2 Å². The molecular formula is C9H15N3OS. The van der Waals surface area contributed by atoms with Crippen LogP contribution in [0.2, 0.25) is 0 Å². The van der Waals surface area contributed by atoms with Crippen molar-refractivity contribution in [3.05, 3.63) is 24.0 Å². The maximum Gasteiger partial charge on any atom is 0.100 e. The van der Waals surface area contributed by atoms with Crippen molar-refractivity contribution in [1.82, 2.24) is 9.88 Å². The van der Waals surface area contributed by atoms with Gasteiger partial charge >= 0.3 is 0 Å². The van der Waals surface area contributed by atoms with E-state index < -0.39 is 0 Å². The molecule has 1 rings (SSSR count). The van der Waals surface area contributed by atoms with Crippen molar-refractivity contribution in [3.63, 3.8) is 0 Å². The molecule has 0 aliphatic heterocycles. The monoisotopic (exact) mass is 213 g/mol. The average Bonchev–Trinajstić information content (AvgIpc) is 2.57. The highest BCUT2D eigenvalue weighted by atomic mass is 32.1. The van der Waals surface area contributed by atoms with Gasteiger partial charge in [-0.15, -0.1) is 0 Å². The Labute approximate surface area is 88.7 Å². The third-order valence-corrected chi connectivity index (χ3v) is 2.30. The Balaban J connectivity index is 2.80. The van der Waals surface area contributed by atoms with E-state index >= 15 is 0 Å². The van der Waals surface area contributed by atoms with Crippen LogP contribution in [0.3, 0.4) is 0 Å². The Morgan fingerprint density at radius 1 is 1.79 bits per heavy atom. The van der Waals surface area contributed by atoms with Crippen LogP contribution in [0.4, 0.5) is 0 Å². The molecule has 0 bridgehead atoms. The van der Waals surface area contributed by atoms with Crippen molar-refractivity contribution in [1.29, 1.82) is 0 Å². The molecule has 14 heavy (non-hydrogen) atoms. The molecule has 4 nitrogen and oxygen atoms in total. The van der Waals surface area contributed by atoms with E-state index in [2.05, 4.69) is 4.98 Å². The number of aromatic amines is 1. The zero-order valence-corrected chi connectivity index (χ0v) is 8.92. The SMILES string of the molecule is CN(CCO)C(C(N)=S)c1ccc[nH]1. The summed E-state index contributed by atoms with van der Waals surface area (Å²) in [4.78, 5) is 5.38. The van der Waals surface area contributed by atoms with Crippen molar-refractivity contribution >= 4 is 17.2 Å². The lowest BCUT2D eigenvalue weighted by Gasteiger charge is -2.25. The van der Waals surface area contributed by atoms with E-state index in [0.29, 0.717) is 11.5 Å². The van der Waals surface area contributed by atoms with Gasteiger partial charge in [0.15, 0.2) is 0 Å². The summed E-state index contributed by atoms with van der Waals surface area (Å²) < 4.78 is 0. The van der Waals surface area contributed by atoms with Crippen LogP contribution in [0.5, 0.6) is 0 Å². The number of nitrogens with one attached hydrogen (secondary N) is 1. The van der Waals surface area contributed by atoms with Gasteiger partial charge in [0.2, 0.25) is 0 Å². The van der Waals surface area contributed by atoms with Gasteiger partial charge < -0.3 is 15.8 Å². The zero-order chi connectivity index (χ0) is 10.6. The van der Waals surface area contributed by atoms with Gasteiger partial charge in [0, 0.05) is 18.4 Å². The van der Waals surface area contributed by atoms with E-state index in [0.717, 1.165) is 5.69 Å². The fourth-order valence-electron chi connectivity index (χ4n) is 1.41. The lowest BCUT2D eigenvalue weighted by atomic mass is 10.2. The lowest BCUT2D eigenvalue weighted by molar-refractivity contribution is 0.206. The molecule has 0 saturated heterocycles. The van der Waals surface area contributed by atoms with Gasteiger partial charge in [0.05, 0.1) is 11.6 Å². The summed E-state index contributed by atoms with van der Waals surface area (Å²) in [5, 5.41) is 8.83. The Morgan fingerprint density at radius 3 is 2.93 bits per heavy atom. The van der Waals surface area contributed by atoms with Crippen LogP contribution in [-0.2, 0) is 0 Å². The lowest BCUT2D eigenvalue weighted by Crippen LogP contribution is -2.36. The highest BCUT2D eigenvalue weighted by molar-refractivity contribution is 7.80. The molecule has 0 aliphatic carbocycles. The second-order valence-electron chi connectivity index (χ2n) is 3.13. The Bertz CT molecular complexity index is 286. The molecule has 0 fully saturated rings. The number of likely N-dealkylation sites (N-methyl/N-ethyl adjacent to an activating group) is 1. The Kier molecular flexibility index (Phi) is 4.06. The molecule has 0 radical (unpaired) electrons. The van der Waals surface area contributed by atoms with Crippen molar-refractivity contribution in [3.8, 4) is 0 Å². The van der Waals surface area contributed by atoms with E-state index in [4.69, 9.17) is 23.1 Å². The third kappa shape index (κ3) is 2.54. The van der Waals surface area contributed by atoms with Crippen molar-refractivity contribution in [2.75, 3.05) is 20.2 Å². The minimum absolute atomic E-state index is 0.0936. The van der Waals surface area contributed by atoms with E-state index in [1.165, 1.54) is 0 Å². The first kappa shape index (κ1) is 11.2. The smallest absolute Gasteiger partial charge is 0.100 e. The van der Waals surface area contributed by atoms with Gasteiger partial charge in [0.25, 0.3) is 0 Å². The summed E-state index contributed by atoms with van der Waals surface area (Å²) in [7, 11) is 1.88. The quantitative estimate of drug-likeness (QED) is 0.614. The van der Waals surface area contributed by atoms with Crippen molar-refractivity contribution < 1.29 is 5.11 Å². The van der Waals surface area contributed by atoms with Crippen molar-refractivity contribution in [2.24, 2.45) is 5.73 Å². The average molecular weight is 213 g/mol. The summed E-state index contributed by atoms with van der Waals surface area (Å²) in [5.41, 5.74) is 6.60. The van der Waals surface area contributed by atoms with Crippen LogP contribution in [0.15, 0.2) is 18.3 Å². The van der Waals surface area contributed by atoms with Crippen LogP contribution in [0, 0.1) is 0 Å². The summed E-state index contributed by atoms with van der Waals surface area (Å²) in [6.45, 7) is 0.636. The van der Waals surface area contributed by atoms with Gasteiger partial charge in [0.1, 0.15) is 6.04 Å². The predicted octanol–water partition coefficient (Wildman–Crippen LogP) is 0.266. The van der Waals surface area contributed by atoms with E-state index in [-0.39, 0.29) is 12.6 Å². The molecular weight excluding hydrogens is 198 g/mol. The highest BCUT2D eigenvalue weighted by Crippen LogP contribution is 2.17. The number of nitrogens with zero attached hydrogens (tertiary/aromatic N) is 1. The molecule has 78 valence electrons. The van der Waals surface area contributed by atoms with Crippen LogP contribution in [0.1, 0.15) is 11.7 Å². The van der Waals surface area contributed by atoms with Gasteiger partial charge in [-0.25, -0.2) is 0 Å². The first-order valence-corrected chi connectivity index (χ1v) is 4.81. The van der Waals surface area contributed by atoms with Crippen molar-refractivity contribution in [2.45, 2.75) is 6.04 Å². The summed E-state index contributed by atoms with van der Waals surface area (Å²) in [6, 6.07) is 3.69. The molecule has 0 aromatic carbocycles. The first-order valence-electron chi connectivity index (χ1n) is 4.40. The van der Waals surface area contributed by atoms with Gasteiger partial charge in [-0.3, -0.25) is 4.90 Å². The summed E-state index contributed by atoms with van der Waals surface area (Å²) >= 11 is 4.99. The van der Waals surface area contributed by atoms with Gasteiger partial charge in [-0.2, -0.15) is 0 Å². The molecule has 1 atom stereocenters. The Morgan fingerprint density at radius 2 is 2.50 bits per heavy atom. The summed E-state index contributed by atoms with van der Waals surface area (Å²) in [5.74, 6) is 0.